The molecule has 4 heterocycles. The van der Waals surface area contributed by atoms with Gasteiger partial charge in [0.25, 0.3) is 0 Å². The average Bonchev–Trinajstić information content (AvgIpc) is 3.52. The molecule has 0 aliphatic carbocycles. The Kier molecular flexibility index (Phi) is 3.59. The van der Waals surface area contributed by atoms with Gasteiger partial charge in [0.1, 0.15) is 11.4 Å². The fourth-order valence-corrected chi connectivity index (χ4v) is 6.75. The van der Waals surface area contributed by atoms with E-state index in [0.717, 1.165) is 23.6 Å². The smallest absolute Gasteiger partial charge is 0.250 e. The Morgan fingerprint density at radius 1 is 0.939 bits per heavy atom. The van der Waals surface area contributed by atoms with E-state index in [9.17, 15) is 18.8 Å². The Bertz CT molecular complexity index is 1400. The topological polar surface area (TPSA) is 69.7 Å². The van der Waals surface area contributed by atoms with Gasteiger partial charge < -0.3 is 5.32 Å². The molecule has 0 saturated carbocycles. The summed E-state index contributed by atoms with van der Waals surface area (Å²) in [5, 5.41) is 4.81. The molecule has 7 rings (SSSR count). The number of carbonyl (C=O) groups is 3. The second kappa shape index (κ2) is 6.26. The molecule has 0 aromatic heterocycles. The summed E-state index contributed by atoms with van der Waals surface area (Å²) in [5.74, 6) is -2.99. The number of imide groups is 1. The van der Waals surface area contributed by atoms with E-state index in [1.807, 2.05) is 41.3 Å². The molecule has 6 nitrogen and oxygen atoms in total. The number of fused-ring (bicyclic) bond motifs is 8. The molecule has 4 aliphatic rings. The Balaban J connectivity index is 1.42. The van der Waals surface area contributed by atoms with Gasteiger partial charge in [0.05, 0.1) is 17.5 Å². The van der Waals surface area contributed by atoms with Crippen molar-refractivity contribution >= 4 is 39.9 Å². The molecule has 33 heavy (non-hydrogen) atoms. The van der Waals surface area contributed by atoms with Crippen LogP contribution in [0.15, 0.2) is 60.7 Å². The molecule has 3 fully saturated rings. The van der Waals surface area contributed by atoms with Gasteiger partial charge in [-0.15, -0.1) is 0 Å². The van der Waals surface area contributed by atoms with Crippen LogP contribution in [-0.2, 0) is 19.9 Å². The van der Waals surface area contributed by atoms with E-state index in [2.05, 4.69) is 5.32 Å². The zero-order valence-corrected chi connectivity index (χ0v) is 17.6. The molecule has 7 heteroatoms. The zero-order chi connectivity index (χ0) is 22.5. The second-order valence-electron chi connectivity index (χ2n) is 9.36. The highest BCUT2D eigenvalue weighted by atomic mass is 19.1. The van der Waals surface area contributed by atoms with Crippen molar-refractivity contribution in [3.05, 3.63) is 72.0 Å². The van der Waals surface area contributed by atoms with Gasteiger partial charge >= 0.3 is 0 Å². The third-order valence-electron chi connectivity index (χ3n) is 7.95. The highest BCUT2D eigenvalue weighted by molar-refractivity contribution is 6.26. The van der Waals surface area contributed by atoms with Crippen LogP contribution in [0.4, 0.5) is 15.8 Å². The summed E-state index contributed by atoms with van der Waals surface area (Å²) in [5.41, 5.74) is 0.128. The van der Waals surface area contributed by atoms with E-state index in [4.69, 9.17) is 0 Å². The quantitative estimate of drug-likeness (QED) is 0.588. The molecule has 4 aliphatic heterocycles. The third kappa shape index (κ3) is 2.18. The third-order valence-corrected chi connectivity index (χ3v) is 7.95. The van der Waals surface area contributed by atoms with Gasteiger partial charge in [0, 0.05) is 17.3 Å². The van der Waals surface area contributed by atoms with Crippen LogP contribution in [-0.4, -0.2) is 35.2 Å². The van der Waals surface area contributed by atoms with E-state index in [1.165, 1.54) is 23.1 Å². The second-order valence-corrected chi connectivity index (χ2v) is 9.36. The summed E-state index contributed by atoms with van der Waals surface area (Å²) in [6, 6.07) is 17.2. The van der Waals surface area contributed by atoms with Crippen molar-refractivity contribution in [2.75, 3.05) is 16.8 Å². The van der Waals surface area contributed by atoms with Gasteiger partial charge in [0.15, 0.2) is 0 Å². The summed E-state index contributed by atoms with van der Waals surface area (Å²) >= 11 is 0. The molecule has 3 saturated heterocycles. The lowest BCUT2D eigenvalue weighted by Crippen LogP contribution is -2.54. The lowest BCUT2D eigenvalue weighted by Gasteiger charge is -2.36. The zero-order valence-electron chi connectivity index (χ0n) is 17.6. The van der Waals surface area contributed by atoms with Crippen LogP contribution in [0.1, 0.15) is 18.4 Å². The van der Waals surface area contributed by atoms with E-state index in [-0.39, 0.29) is 23.8 Å². The minimum Gasteiger partial charge on any atom is -0.324 e. The monoisotopic (exact) mass is 441 g/mol. The number of halogens is 1. The Morgan fingerprint density at radius 3 is 2.61 bits per heavy atom. The summed E-state index contributed by atoms with van der Waals surface area (Å²) in [4.78, 5) is 44.6. The van der Waals surface area contributed by atoms with Gasteiger partial charge in [-0.05, 0) is 60.5 Å². The summed E-state index contributed by atoms with van der Waals surface area (Å²) < 4.78 is 14.4. The van der Waals surface area contributed by atoms with E-state index in [0.29, 0.717) is 23.5 Å². The molecule has 3 amide bonds. The van der Waals surface area contributed by atoms with Crippen molar-refractivity contribution in [2.24, 2.45) is 11.8 Å². The maximum atomic E-state index is 14.4. The Hall–Kier alpha value is -3.58. The van der Waals surface area contributed by atoms with Crippen molar-refractivity contribution in [2.45, 2.75) is 24.4 Å². The first kappa shape index (κ1) is 18.9. The molecule has 1 spiro atoms. The number of benzene rings is 3. The Labute approximate surface area is 189 Å². The average molecular weight is 441 g/mol. The van der Waals surface area contributed by atoms with Crippen molar-refractivity contribution in [3.8, 4) is 0 Å². The number of hydrogen-bond acceptors (Lipinski definition) is 4. The molecule has 1 N–H and O–H groups in total. The number of hydrogen-bond donors (Lipinski definition) is 1. The number of rotatable bonds is 1. The molecule has 0 bridgehead atoms. The van der Waals surface area contributed by atoms with Crippen LogP contribution in [0.5, 0.6) is 0 Å². The lowest BCUT2D eigenvalue weighted by molar-refractivity contribution is -0.135. The fourth-order valence-electron chi connectivity index (χ4n) is 6.75. The summed E-state index contributed by atoms with van der Waals surface area (Å²) in [6.07, 6.45) is 1.55. The van der Waals surface area contributed by atoms with Crippen molar-refractivity contribution in [1.82, 2.24) is 4.90 Å². The number of anilines is 2. The maximum Gasteiger partial charge on any atom is 0.250 e. The molecule has 164 valence electrons. The largest absolute Gasteiger partial charge is 0.324 e. The first-order valence-electron chi connectivity index (χ1n) is 11.3. The fraction of sp³-hybridized carbons (Fsp3) is 0.269. The maximum absolute atomic E-state index is 14.4. The first-order valence-corrected chi connectivity index (χ1v) is 11.3. The van der Waals surface area contributed by atoms with Crippen molar-refractivity contribution in [3.63, 3.8) is 0 Å². The normalized spacial score (nSPS) is 30.3. The van der Waals surface area contributed by atoms with Gasteiger partial charge in [-0.1, -0.05) is 30.3 Å². The highest BCUT2D eigenvalue weighted by Crippen LogP contribution is 2.60. The van der Waals surface area contributed by atoms with Crippen LogP contribution in [0, 0.1) is 17.7 Å². The highest BCUT2D eigenvalue weighted by Gasteiger charge is 2.74. The lowest BCUT2D eigenvalue weighted by atomic mass is 9.75. The van der Waals surface area contributed by atoms with E-state index >= 15 is 0 Å². The first-order chi connectivity index (χ1) is 16.0. The van der Waals surface area contributed by atoms with E-state index < -0.39 is 23.2 Å². The van der Waals surface area contributed by atoms with Gasteiger partial charge in [-0.2, -0.15) is 0 Å². The van der Waals surface area contributed by atoms with Gasteiger partial charge in [-0.3, -0.25) is 19.3 Å². The molecule has 4 atom stereocenters. The number of amides is 3. The van der Waals surface area contributed by atoms with Crippen LogP contribution >= 0.6 is 0 Å². The summed E-state index contributed by atoms with van der Waals surface area (Å²) in [6.45, 7) is 0.595. The predicted octanol–water partition coefficient (Wildman–Crippen LogP) is 3.41. The minimum absolute atomic E-state index is 0.225. The molecule has 3 aromatic carbocycles. The SMILES string of the molecule is O=C1[C@H]2[C@@H](C(=O)N1c1ccc3ccccc3c1)[C@]1(C(=O)Nc3ccc(F)cc31)N1CCC[C@@H]21. The number of nitrogens with zero attached hydrogens (tertiary/aromatic N) is 2. The van der Waals surface area contributed by atoms with Crippen LogP contribution in [0.3, 0.4) is 0 Å². The standard InChI is InChI=1S/C26H20FN3O3/c27-16-8-10-19-18(13-16)26(25(33)28-19)22-21(20-6-3-11-29(20)26)23(31)30(24(22)32)17-9-7-14-4-1-2-5-15(14)12-17/h1-2,4-5,7-10,12-13,20-22H,3,6,11H2,(H,28,33)/t20-,21+,22-,26+/m0/s1. The Morgan fingerprint density at radius 2 is 1.76 bits per heavy atom. The molecular formula is C26H20FN3O3. The van der Waals surface area contributed by atoms with Gasteiger partial charge in [-0.25, -0.2) is 9.29 Å². The van der Waals surface area contributed by atoms with E-state index in [1.54, 1.807) is 6.07 Å². The van der Waals surface area contributed by atoms with Crippen molar-refractivity contribution < 1.29 is 18.8 Å². The van der Waals surface area contributed by atoms with Gasteiger partial charge in [0.2, 0.25) is 17.7 Å². The molecular weight excluding hydrogens is 421 g/mol. The molecule has 3 aromatic rings. The van der Waals surface area contributed by atoms with Crippen LogP contribution in [0.2, 0.25) is 0 Å². The summed E-state index contributed by atoms with van der Waals surface area (Å²) in [7, 11) is 0. The number of carbonyl (C=O) groups excluding carboxylic acids is 3. The molecule has 0 unspecified atom stereocenters. The predicted molar refractivity (Wildman–Crippen MR) is 120 cm³/mol. The van der Waals surface area contributed by atoms with Crippen molar-refractivity contribution in [1.29, 1.82) is 0 Å². The van der Waals surface area contributed by atoms with Crippen LogP contribution < -0.4 is 10.2 Å². The van der Waals surface area contributed by atoms with Crippen LogP contribution in [0.25, 0.3) is 10.8 Å². The minimum atomic E-state index is -1.36. The molecule has 0 radical (unpaired) electrons. The number of nitrogens with one attached hydrogen (secondary N) is 1.